The maximum Gasteiger partial charge on any atom is 0.410 e. The minimum atomic E-state index is -4.05. The summed E-state index contributed by atoms with van der Waals surface area (Å²) in [7, 11) is 1.61. The lowest BCUT2D eigenvalue weighted by Crippen LogP contribution is -2.63. The van der Waals surface area contributed by atoms with Crippen LogP contribution in [0.2, 0.25) is 5.02 Å². The number of allylic oxidation sites excluding steroid dienone is 3. The fraction of sp³-hybridized carbons (Fsp3) is 0.525. The number of amides is 9. The summed E-state index contributed by atoms with van der Waals surface area (Å²) in [5.41, 5.74) is 4.67. The zero-order valence-corrected chi connectivity index (χ0v) is 53.5. The number of aliphatic hydroxyl groups is 1. The Balaban J connectivity index is 1.09. The van der Waals surface area contributed by atoms with Crippen LogP contribution in [0.3, 0.4) is 0 Å². The Bertz CT molecular complexity index is 3240. The molecule has 2 fully saturated rings. The van der Waals surface area contributed by atoms with Crippen molar-refractivity contribution in [3.05, 3.63) is 101 Å². The first-order valence-corrected chi connectivity index (χ1v) is 31.3. The topological polar surface area (TPSA) is 363 Å². The van der Waals surface area contributed by atoms with Crippen LogP contribution < -0.4 is 41.4 Å². The minimum Gasteiger partial charge on any atom is -0.495 e. The Morgan fingerprint density at radius 3 is 2.33 bits per heavy atom. The lowest BCUT2D eigenvalue weighted by atomic mass is 9.83. The number of unbranched alkanes of at least 4 members (excludes halogenated alkanes) is 3. The molecular formula is C61H82ClN9O18S. The SMILES string of the molecule is C=C(C)[C@H](NS(=O)(=O)CCCCCCN1C(=O)C=CC1=O)C(=O)N[C@@H](CCCNC(N)=O)C(=O)Nc1ccc(COC(=O)N(C)[C@@H](C)C(=O)OC2CC(=O)N(C)c3cc(cc(OC)c3Cl)C/C(C)=C/C=C/C(OC)C3(O)CC(OC(=O)N3)C(C)C3OC23C)cc1. The third kappa shape index (κ3) is 18.8. The molecule has 0 aromatic heterocycles. The molecule has 9 amide bonds. The number of primary amides is 1. The molecule has 0 aliphatic carbocycles. The van der Waals surface area contributed by atoms with Crippen LogP contribution in [-0.2, 0) is 75.5 Å². The number of fused-ring (bicyclic) bond motifs is 5. The molecular weight excluding hydrogens is 1210 g/mol. The average Bonchev–Trinajstić information content (AvgIpc) is 1.61. The van der Waals surface area contributed by atoms with Gasteiger partial charge in [0.15, 0.2) is 5.72 Å². The number of likely N-dealkylation sites (N-methyl/N-ethyl adjacent to an activating group) is 1. The van der Waals surface area contributed by atoms with Gasteiger partial charge in [0.1, 0.15) is 59.4 Å². The molecule has 29 heteroatoms. The van der Waals surface area contributed by atoms with Gasteiger partial charge < -0.3 is 60.1 Å². The molecule has 4 aliphatic heterocycles. The molecule has 492 valence electrons. The van der Waals surface area contributed by atoms with Crippen molar-refractivity contribution in [3.63, 3.8) is 0 Å². The first-order chi connectivity index (χ1) is 42.4. The number of hydrogen-bond donors (Lipinski definition) is 7. The summed E-state index contributed by atoms with van der Waals surface area (Å²) >= 11 is 6.83. The maximum absolute atomic E-state index is 14.4. The van der Waals surface area contributed by atoms with Gasteiger partial charge in [-0.25, -0.2) is 27.6 Å². The third-order valence-corrected chi connectivity index (χ3v) is 17.9. The quantitative estimate of drug-likeness (QED) is 0.0179. The molecule has 0 radical (unpaired) electrons. The second-order valence-corrected chi connectivity index (χ2v) is 25.3. The van der Waals surface area contributed by atoms with Crippen LogP contribution in [0, 0.1) is 5.92 Å². The fourth-order valence-corrected chi connectivity index (χ4v) is 12.2. The molecule has 2 aromatic carbocycles. The maximum atomic E-state index is 14.4. The number of halogens is 1. The number of hydrogen-bond acceptors (Lipinski definition) is 18. The third-order valence-electron chi connectivity index (χ3n) is 16.1. The van der Waals surface area contributed by atoms with Crippen molar-refractivity contribution >= 4 is 86.7 Å². The number of methoxy groups -OCH3 is 2. The molecule has 27 nitrogen and oxygen atoms in total. The molecule has 10 atom stereocenters. The number of nitrogens with one attached hydrogen (secondary N) is 5. The van der Waals surface area contributed by atoms with Gasteiger partial charge in [-0.3, -0.25) is 39.1 Å². The molecule has 7 unspecified atom stereocenters. The number of carbonyl (C=O) groups excluding carboxylic acids is 9. The molecule has 2 aromatic rings. The van der Waals surface area contributed by atoms with Crippen molar-refractivity contribution in [3.8, 4) is 5.75 Å². The number of anilines is 2. The lowest BCUT2D eigenvalue weighted by Gasteiger charge is -2.42. The molecule has 6 rings (SSSR count). The van der Waals surface area contributed by atoms with Gasteiger partial charge in [0, 0.05) is 64.5 Å². The van der Waals surface area contributed by atoms with E-state index in [1.807, 2.05) is 13.0 Å². The van der Waals surface area contributed by atoms with Crippen molar-refractivity contribution in [1.82, 2.24) is 30.5 Å². The number of carbonyl (C=O) groups is 9. The van der Waals surface area contributed by atoms with Crippen LogP contribution in [0.1, 0.15) is 97.1 Å². The van der Waals surface area contributed by atoms with Crippen molar-refractivity contribution < 1.29 is 85.1 Å². The highest BCUT2D eigenvalue weighted by atomic mass is 35.5. The highest BCUT2D eigenvalue weighted by Crippen LogP contribution is 2.49. The van der Waals surface area contributed by atoms with Gasteiger partial charge in [0.25, 0.3) is 11.8 Å². The first-order valence-electron chi connectivity index (χ1n) is 29.3. The van der Waals surface area contributed by atoms with E-state index in [-0.39, 0.29) is 67.4 Å². The summed E-state index contributed by atoms with van der Waals surface area (Å²) in [6.07, 6.45) is 3.21. The smallest absolute Gasteiger partial charge is 0.410 e. The molecule has 0 saturated carbocycles. The predicted molar refractivity (Wildman–Crippen MR) is 330 cm³/mol. The summed E-state index contributed by atoms with van der Waals surface area (Å²) in [6.45, 7) is 11.8. The van der Waals surface area contributed by atoms with Gasteiger partial charge in [-0.05, 0) is 95.2 Å². The Kier molecular flexibility index (Phi) is 24.7. The number of alkyl carbamates (subject to hydrolysis) is 1. The van der Waals surface area contributed by atoms with Crippen LogP contribution in [0.5, 0.6) is 5.75 Å². The van der Waals surface area contributed by atoms with Crippen LogP contribution in [-0.4, -0.2) is 178 Å². The van der Waals surface area contributed by atoms with E-state index < -0.39 is 130 Å². The van der Waals surface area contributed by atoms with E-state index in [0.29, 0.717) is 42.7 Å². The minimum absolute atomic E-state index is 0.0234. The van der Waals surface area contributed by atoms with Gasteiger partial charge in [-0.2, -0.15) is 4.72 Å². The van der Waals surface area contributed by atoms with E-state index in [1.165, 1.54) is 71.3 Å². The Morgan fingerprint density at radius 1 is 1.01 bits per heavy atom. The predicted octanol–water partition coefficient (Wildman–Crippen LogP) is 4.55. The normalized spacial score (nSPS) is 24.6. The highest BCUT2D eigenvalue weighted by Gasteiger charge is 2.64. The first kappa shape index (κ1) is 71.2. The fourth-order valence-electron chi connectivity index (χ4n) is 10.5. The van der Waals surface area contributed by atoms with E-state index >= 15 is 0 Å². The van der Waals surface area contributed by atoms with Gasteiger partial charge >= 0.3 is 24.2 Å². The second-order valence-electron chi connectivity index (χ2n) is 23.0. The highest BCUT2D eigenvalue weighted by molar-refractivity contribution is 7.89. The summed E-state index contributed by atoms with van der Waals surface area (Å²) in [6, 6.07) is 4.74. The number of epoxide rings is 1. The largest absolute Gasteiger partial charge is 0.495 e. The monoisotopic (exact) mass is 1300 g/mol. The van der Waals surface area contributed by atoms with E-state index in [1.54, 1.807) is 50.3 Å². The molecule has 4 aliphatic rings. The van der Waals surface area contributed by atoms with E-state index in [9.17, 15) is 56.7 Å². The Labute approximate surface area is 528 Å². The van der Waals surface area contributed by atoms with Crippen molar-refractivity contribution in [2.45, 2.75) is 153 Å². The molecule has 4 bridgehead atoms. The zero-order chi connectivity index (χ0) is 66.4. The standard InChI is InChI=1S/C61H82ClN9O18S/c1-35(2)52(68-90(82,83)28-14-12-11-13-27-71-48(72)24-25-49(71)73)55(76)66-42(18-16-26-64-57(63)78)54(75)65-41-22-20-39(21-23-41)34-86-59(80)69(7)38(5)56(77)88-47-32-50(74)70(8)43-30-40(31-44(84-9)51(43)62)29-36(3)17-15-19-46(85-10)61(81)33-45(87-58(79)67-61)37(4)53-60(47,6)89-53/h15,17,19-25,30-31,37-38,42,45-47,52-53,68,81H,1,11-14,16,18,26-29,32-34H2,2-10H3,(H,65,75)(H,66,76)(H,67,79)(H3,63,64,78)/b19-15+,36-17+/t37?,38-,42-,45?,46?,47?,52-,53?,60?,61?/m0/s1. The molecule has 0 spiro atoms. The number of nitrogens with two attached hydrogens (primary N) is 1. The van der Waals surface area contributed by atoms with Crippen molar-refractivity contribution in [2.24, 2.45) is 11.7 Å². The van der Waals surface area contributed by atoms with Crippen molar-refractivity contribution in [1.29, 1.82) is 0 Å². The van der Waals surface area contributed by atoms with Gasteiger partial charge in [-0.1, -0.05) is 79.5 Å². The van der Waals surface area contributed by atoms with Gasteiger partial charge in [0.05, 0.1) is 31.1 Å². The molecule has 4 heterocycles. The van der Waals surface area contributed by atoms with Gasteiger partial charge in [-0.15, -0.1) is 0 Å². The second kappa shape index (κ2) is 31.2. The number of rotatable bonds is 25. The average molecular weight is 1300 g/mol. The van der Waals surface area contributed by atoms with Crippen LogP contribution in [0.15, 0.2) is 84.5 Å². The summed E-state index contributed by atoms with van der Waals surface area (Å²) in [5, 5.41) is 22.3. The summed E-state index contributed by atoms with van der Waals surface area (Å²) in [5.74, 6) is -4.53. The van der Waals surface area contributed by atoms with Crippen LogP contribution in [0.25, 0.3) is 0 Å². The van der Waals surface area contributed by atoms with Crippen LogP contribution in [0.4, 0.5) is 25.8 Å². The number of imide groups is 1. The Morgan fingerprint density at radius 2 is 1.69 bits per heavy atom. The zero-order valence-electron chi connectivity index (χ0n) is 52.0. The lowest BCUT2D eigenvalue weighted by molar-refractivity contribution is -0.158. The summed E-state index contributed by atoms with van der Waals surface area (Å²) < 4.78 is 63.7. The number of nitrogens with zero attached hydrogens (tertiary/aromatic N) is 3. The van der Waals surface area contributed by atoms with E-state index in [0.717, 1.165) is 20.9 Å². The molecule has 90 heavy (non-hydrogen) atoms. The number of ether oxygens (including phenoxy) is 6. The van der Waals surface area contributed by atoms with Crippen LogP contribution >= 0.6 is 11.6 Å². The number of benzene rings is 2. The number of sulfonamides is 1. The van der Waals surface area contributed by atoms with Gasteiger partial charge in [0.2, 0.25) is 27.7 Å². The number of esters is 1. The molecule has 2 saturated heterocycles. The molecule has 8 N–H and O–H groups in total. The van der Waals surface area contributed by atoms with E-state index in [4.69, 9.17) is 45.8 Å². The summed E-state index contributed by atoms with van der Waals surface area (Å²) in [4.78, 5) is 121. The Hall–Kier alpha value is -7.89. The van der Waals surface area contributed by atoms with Crippen molar-refractivity contribution in [2.75, 3.05) is 57.4 Å². The number of urea groups is 1. The van der Waals surface area contributed by atoms with E-state index in [2.05, 4.69) is 32.6 Å².